The van der Waals surface area contributed by atoms with Gasteiger partial charge in [-0.3, -0.25) is 0 Å². The van der Waals surface area contributed by atoms with E-state index in [-0.39, 0.29) is 24.6 Å². The highest BCUT2D eigenvalue weighted by atomic mass is 35.5. The van der Waals surface area contributed by atoms with Crippen LogP contribution in [0.15, 0.2) is 30.3 Å². The largest absolute Gasteiger partial charge is 1.00 e. The Kier molecular flexibility index (Phi) is 17.7. The molecule has 0 atom stereocenters. The molecule has 0 spiro atoms. The zero-order valence-electron chi connectivity index (χ0n) is 18.4. The van der Waals surface area contributed by atoms with E-state index in [2.05, 4.69) is 36.6 Å². The topological polar surface area (TPSA) is 81.1 Å². The zero-order valence-corrected chi connectivity index (χ0v) is 19.1. The number of halogens is 1. The lowest BCUT2D eigenvalue weighted by molar-refractivity contribution is -0.900. The Balaban J connectivity index is 0.00000841. The number of amides is 2. The van der Waals surface area contributed by atoms with Gasteiger partial charge in [0.25, 0.3) is 0 Å². The number of alkyl carbamates (subject to hydrolysis) is 2. The highest BCUT2D eigenvalue weighted by Crippen LogP contribution is 1.97. The molecule has 3 N–H and O–H groups in total. The Morgan fingerprint density at radius 3 is 1.80 bits per heavy atom. The van der Waals surface area contributed by atoms with Crippen molar-refractivity contribution in [1.29, 1.82) is 0 Å². The third-order valence-electron chi connectivity index (χ3n) is 4.59. The van der Waals surface area contributed by atoms with Gasteiger partial charge in [-0.25, -0.2) is 9.59 Å². The van der Waals surface area contributed by atoms with Crippen LogP contribution in [0.2, 0.25) is 0 Å². The lowest BCUT2D eigenvalue weighted by atomic mass is 10.1. The number of rotatable bonds is 15. The lowest BCUT2D eigenvalue weighted by Gasteiger charge is -2.19. The first-order chi connectivity index (χ1) is 14.2. The van der Waals surface area contributed by atoms with Crippen molar-refractivity contribution < 1.29 is 36.4 Å². The second kappa shape index (κ2) is 19.0. The lowest BCUT2D eigenvalue weighted by Crippen LogP contribution is -3.13. The fourth-order valence-corrected chi connectivity index (χ4v) is 2.75. The second-order valence-electron chi connectivity index (χ2n) is 7.07. The molecule has 0 aliphatic rings. The number of carbonyl (C=O) groups excluding carboxylic acids is 2. The average molecular weight is 444 g/mol. The molecule has 0 aromatic heterocycles. The molecule has 0 radical (unpaired) electrons. The van der Waals surface area contributed by atoms with Gasteiger partial charge in [0, 0.05) is 19.5 Å². The van der Waals surface area contributed by atoms with Crippen molar-refractivity contribution in [2.45, 2.75) is 46.0 Å². The molecule has 7 nitrogen and oxygen atoms in total. The van der Waals surface area contributed by atoms with Gasteiger partial charge in [-0.15, -0.1) is 0 Å². The molecule has 0 unspecified atom stereocenters. The van der Waals surface area contributed by atoms with Crippen LogP contribution in [-0.4, -0.2) is 58.1 Å². The molecule has 0 fully saturated rings. The molecule has 0 aliphatic carbocycles. The number of carbonyl (C=O) groups is 2. The monoisotopic (exact) mass is 443 g/mol. The number of benzene rings is 1. The van der Waals surface area contributed by atoms with Gasteiger partial charge in [-0.2, -0.15) is 0 Å². The number of hydrogen-bond donors (Lipinski definition) is 3. The van der Waals surface area contributed by atoms with Crippen molar-refractivity contribution in [3.63, 3.8) is 0 Å². The molecule has 0 heterocycles. The van der Waals surface area contributed by atoms with Crippen molar-refractivity contribution in [1.82, 2.24) is 10.6 Å². The van der Waals surface area contributed by atoms with E-state index in [4.69, 9.17) is 9.47 Å². The van der Waals surface area contributed by atoms with E-state index < -0.39 is 0 Å². The maximum absolute atomic E-state index is 11.7. The number of hydrogen-bond acceptors (Lipinski definition) is 4. The van der Waals surface area contributed by atoms with Crippen LogP contribution in [-0.2, 0) is 15.9 Å². The highest BCUT2D eigenvalue weighted by Gasteiger charge is 2.12. The van der Waals surface area contributed by atoms with E-state index in [0.29, 0.717) is 39.4 Å². The Labute approximate surface area is 187 Å². The first-order valence-corrected chi connectivity index (χ1v) is 10.8. The van der Waals surface area contributed by atoms with Crippen LogP contribution in [0.3, 0.4) is 0 Å². The SMILES string of the molecule is CCCCNC(=O)OCC[NH+](CCOC(=O)NCCCC)CCc1ccccc1.[Cl-]. The van der Waals surface area contributed by atoms with Gasteiger partial charge in [0.1, 0.15) is 26.3 Å². The van der Waals surface area contributed by atoms with Crippen LogP contribution in [0.5, 0.6) is 0 Å². The minimum Gasteiger partial charge on any atom is -1.00 e. The van der Waals surface area contributed by atoms with Gasteiger partial charge in [-0.1, -0.05) is 57.0 Å². The molecule has 0 saturated carbocycles. The van der Waals surface area contributed by atoms with Crippen molar-refractivity contribution in [2.24, 2.45) is 0 Å². The van der Waals surface area contributed by atoms with Crippen LogP contribution < -0.4 is 27.9 Å². The molecular weight excluding hydrogens is 406 g/mol. The predicted octanol–water partition coefficient (Wildman–Crippen LogP) is -0.829. The van der Waals surface area contributed by atoms with E-state index >= 15 is 0 Å². The van der Waals surface area contributed by atoms with E-state index in [1.54, 1.807) is 0 Å². The quantitative estimate of drug-likeness (QED) is 0.309. The van der Waals surface area contributed by atoms with E-state index in [1.807, 2.05) is 18.2 Å². The van der Waals surface area contributed by atoms with Crippen LogP contribution in [0.4, 0.5) is 9.59 Å². The molecular formula is C22H38ClN3O4. The molecule has 0 bridgehead atoms. The Morgan fingerprint density at radius 2 is 1.33 bits per heavy atom. The average Bonchev–Trinajstić information content (AvgIpc) is 2.73. The third kappa shape index (κ3) is 14.9. The summed E-state index contributed by atoms with van der Waals surface area (Å²) in [6, 6.07) is 10.3. The van der Waals surface area contributed by atoms with Crippen molar-refractivity contribution in [3.8, 4) is 0 Å². The summed E-state index contributed by atoms with van der Waals surface area (Å²) in [6.07, 6.45) is 4.14. The normalized spacial score (nSPS) is 10.2. The fourth-order valence-electron chi connectivity index (χ4n) is 2.75. The summed E-state index contributed by atoms with van der Waals surface area (Å²) in [5.41, 5.74) is 1.27. The summed E-state index contributed by atoms with van der Waals surface area (Å²) in [5, 5.41) is 5.50. The van der Waals surface area contributed by atoms with Gasteiger partial charge in [0.05, 0.1) is 6.54 Å². The summed E-state index contributed by atoms with van der Waals surface area (Å²) in [4.78, 5) is 24.6. The molecule has 8 heteroatoms. The van der Waals surface area contributed by atoms with Gasteiger partial charge in [0.15, 0.2) is 0 Å². The molecule has 0 saturated heterocycles. The molecule has 1 aromatic rings. The fraction of sp³-hybridized carbons (Fsp3) is 0.636. The van der Waals surface area contributed by atoms with Crippen molar-refractivity contribution >= 4 is 12.2 Å². The van der Waals surface area contributed by atoms with E-state index in [9.17, 15) is 9.59 Å². The third-order valence-corrected chi connectivity index (χ3v) is 4.59. The summed E-state index contributed by atoms with van der Waals surface area (Å²) in [7, 11) is 0. The van der Waals surface area contributed by atoms with Crippen molar-refractivity contribution in [2.75, 3.05) is 45.9 Å². The van der Waals surface area contributed by atoms with Gasteiger partial charge >= 0.3 is 12.2 Å². The second-order valence-corrected chi connectivity index (χ2v) is 7.07. The van der Waals surface area contributed by atoms with Gasteiger partial charge in [-0.05, 0) is 18.4 Å². The highest BCUT2D eigenvalue weighted by molar-refractivity contribution is 5.67. The van der Waals surface area contributed by atoms with Crippen LogP contribution in [0.1, 0.15) is 45.1 Å². The maximum Gasteiger partial charge on any atom is 0.407 e. The number of quaternary nitrogens is 1. The molecule has 172 valence electrons. The Morgan fingerprint density at radius 1 is 0.833 bits per heavy atom. The standard InChI is InChI=1S/C22H37N3O4.ClH/c1-3-5-13-23-21(26)28-18-16-25(15-12-20-10-8-7-9-11-20)17-19-29-22(27)24-14-6-4-2;/h7-11H,3-6,12-19H2,1-2H3,(H,23,26)(H,24,27);1H. The summed E-state index contributed by atoms with van der Waals surface area (Å²) >= 11 is 0. The maximum atomic E-state index is 11.7. The number of unbranched alkanes of at least 4 members (excludes halogenated alkanes) is 2. The summed E-state index contributed by atoms with van der Waals surface area (Å²) < 4.78 is 10.5. The summed E-state index contributed by atoms with van der Waals surface area (Å²) in [6.45, 7) is 8.34. The molecule has 30 heavy (non-hydrogen) atoms. The molecule has 0 aliphatic heterocycles. The van der Waals surface area contributed by atoms with Crippen LogP contribution in [0, 0.1) is 0 Å². The minimum absolute atomic E-state index is 0. The van der Waals surface area contributed by atoms with Crippen LogP contribution in [0.25, 0.3) is 0 Å². The first-order valence-electron chi connectivity index (χ1n) is 10.8. The minimum atomic E-state index is -0.368. The summed E-state index contributed by atoms with van der Waals surface area (Å²) in [5.74, 6) is 0. The Bertz CT molecular complexity index is 533. The van der Waals surface area contributed by atoms with Crippen molar-refractivity contribution in [3.05, 3.63) is 35.9 Å². The first kappa shape index (κ1) is 28.0. The van der Waals surface area contributed by atoms with Crippen LogP contribution >= 0.6 is 0 Å². The molecule has 1 aromatic carbocycles. The van der Waals surface area contributed by atoms with Gasteiger partial charge < -0.3 is 37.4 Å². The molecule has 1 rings (SSSR count). The zero-order chi connectivity index (χ0) is 21.2. The predicted molar refractivity (Wildman–Crippen MR) is 114 cm³/mol. The molecule has 2 amide bonds. The Hall–Kier alpha value is -1.99. The smallest absolute Gasteiger partial charge is 0.407 e. The van der Waals surface area contributed by atoms with Gasteiger partial charge in [0.2, 0.25) is 0 Å². The van der Waals surface area contributed by atoms with E-state index in [1.165, 1.54) is 10.5 Å². The number of nitrogens with one attached hydrogen (secondary N) is 3. The van der Waals surface area contributed by atoms with E-state index in [0.717, 1.165) is 38.6 Å². The number of ether oxygens (including phenoxy) is 2.